The van der Waals surface area contributed by atoms with Gasteiger partial charge in [0.05, 0.1) is 4.47 Å². The van der Waals surface area contributed by atoms with Gasteiger partial charge in [0.1, 0.15) is 18.2 Å². The molecule has 0 fully saturated rings. The number of aromatic nitrogens is 2. The SMILES string of the molecule is CNc1nc(COc2ccccc2)ncc1Br. The van der Waals surface area contributed by atoms with Crippen molar-refractivity contribution in [1.29, 1.82) is 0 Å². The van der Waals surface area contributed by atoms with E-state index >= 15 is 0 Å². The average Bonchev–Trinajstić information content (AvgIpc) is 2.39. The number of rotatable bonds is 4. The molecule has 1 N–H and O–H groups in total. The molecule has 0 atom stereocenters. The van der Waals surface area contributed by atoms with Crippen molar-refractivity contribution >= 4 is 21.7 Å². The first-order valence-corrected chi connectivity index (χ1v) is 5.96. The predicted molar refractivity (Wildman–Crippen MR) is 70.1 cm³/mol. The highest BCUT2D eigenvalue weighted by Crippen LogP contribution is 2.18. The molecular formula is C12H12BrN3O. The Hall–Kier alpha value is -1.62. The van der Waals surface area contributed by atoms with Crippen LogP contribution in [0.25, 0.3) is 0 Å². The van der Waals surface area contributed by atoms with Gasteiger partial charge in [-0.3, -0.25) is 0 Å². The van der Waals surface area contributed by atoms with Crippen LogP contribution in [0.4, 0.5) is 5.82 Å². The van der Waals surface area contributed by atoms with Crippen LogP contribution in [0.5, 0.6) is 5.75 Å². The fraction of sp³-hybridized carbons (Fsp3) is 0.167. The molecule has 0 aliphatic carbocycles. The van der Waals surface area contributed by atoms with Gasteiger partial charge in [-0.2, -0.15) is 0 Å². The Morgan fingerprint density at radius 2 is 2.06 bits per heavy atom. The van der Waals surface area contributed by atoms with Crippen LogP contribution < -0.4 is 10.1 Å². The number of anilines is 1. The summed E-state index contributed by atoms with van der Waals surface area (Å²) in [5.74, 6) is 2.21. The highest BCUT2D eigenvalue weighted by molar-refractivity contribution is 9.10. The summed E-state index contributed by atoms with van der Waals surface area (Å²) >= 11 is 3.36. The molecule has 0 bridgehead atoms. The van der Waals surface area contributed by atoms with Crippen LogP contribution in [-0.4, -0.2) is 17.0 Å². The van der Waals surface area contributed by atoms with E-state index < -0.39 is 0 Å². The van der Waals surface area contributed by atoms with Crippen LogP contribution in [0.15, 0.2) is 41.0 Å². The number of para-hydroxylation sites is 1. The maximum absolute atomic E-state index is 5.56. The second-order valence-electron chi connectivity index (χ2n) is 3.33. The Balaban J connectivity index is 2.04. The molecule has 0 aliphatic heterocycles. The second kappa shape index (κ2) is 5.63. The fourth-order valence-electron chi connectivity index (χ4n) is 1.31. The Morgan fingerprint density at radius 3 is 2.76 bits per heavy atom. The van der Waals surface area contributed by atoms with E-state index in [1.54, 1.807) is 6.20 Å². The average molecular weight is 294 g/mol. The lowest BCUT2D eigenvalue weighted by Crippen LogP contribution is -2.04. The molecule has 0 radical (unpaired) electrons. The summed E-state index contributed by atoms with van der Waals surface area (Å²) in [5.41, 5.74) is 0. The predicted octanol–water partition coefficient (Wildman–Crippen LogP) is 2.86. The van der Waals surface area contributed by atoms with E-state index in [1.807, 2.05) is 37.4 Å². The van der Waals surface area contributed by atoms with E-state index in [9.17, 15) is 0 Å². The first-order valence-electron chi connectivity index (χ1n) is 5.16. The van der Waals surface area contributed by atoms with E-state index in [0.29, 0.717) is 12.4 Å². The van der Waals surface area contributed by atoms with Crippen molar-refractivity contribution in [3.05, 3.63) is 46.8 Å². The molecule has 0 aliphatic rings. The molecule has 17 heavy (non-hydrogen) atoms. The van der Waals surface area contributed by atoms with Crippen molar-refractivity contribution < 1.29 is 4.74 Å². The lowest BCUT2D eigenvalue weighted by Gasteiger charge is -2.07. The maximum atomic E-state index is 5.56. The van der Waals surface area contributed by atoms with Gasteiger partial charge in [0.2, 0.25) is 0 Å². The maximum Gasteiger partial charge on any atom is 0.168 e. The third-order valence-electron chi connectivity index (χ3n) is 2.14. The minimum absolute atomic E-state index is 0.353. The molecule has 88 valence electrons. The number of hydrogen-bond donors (Lipinski definition) is 1. The molecule has 0 unspecified atom stereocenters. The zero-order chi connectivity index (χ0) is 12.1. The smallest absolute Gasteiger partial charge is 0.168 e. The summed E-state index contributed by atoms with van der Waals surface area (Å²) in [6, 6.07) is 9.60. The van der Waals surface area contributed by atoms with E-state index in [4.69, 9.17) is 4.74 Å². The van der Waals surface area contributed by atoms with Crippen LogP contribution in [0.2, 0.25) is 0 Å². The lowest BCUT2D eigenvalue weighted by atomic mass is 10.3. The van der Waals surface area contributed by atoms with E-state index in [2.05, 4.69) is 31.2 Å². The first kappa shape index (κ1) is 11.9. The Labute approximate surface area is 108 Å². The first-order chi connectivity index (χ1) is 8.29. The van der Waals surface area contributed by atoms with Crippen molar-refractivity contribution in [2.45, 2.75) is 6.61 Å². The summed E-state index contributed by atoms with van der Waals surface area (Å²) in [6.07, 6.45) is 1.71. The molecule has 1 aromatic carbocycles. The van der Waals surface area contributed by atoms with Gasteiger partial charge >= 0.3 is 0 Å². The summed E-state index contributed by atoms with van der Waals surface area (Å²) in [6.45, 7) is 0.353. The van der Waals surface area contributed by atoms with Crippen LogP contribution in [0.1, 0.15) is 5.82 Å². The summed E-state index contributed by atoms with van der Waals surface area (Å²) in [5, 5.41) is 2.98. The molecule has 1 aromatic heterocycles. The summed E-state index contributed by atoms with van der Waals surface area (Å²) < 4.78 is 6.40. The van der Waals surface area contributed by atoms with Gasteiger partial charge < -0.3 is 10.1 Å². The zero-order valence-electron chi connectivity index (χ0n) is 9.35. The molecular weight excluding hydrogens is 282 g/mol. The monoisotopic (exact) mass is 293 g/mol. The highest BCUT2D eigenvalue weighted by Gasteiger charge is 2.03. The molecule has 2 rings (SSSR count). The van der Waals surface area contributed by atoms with Gasteiger partial charge in [-0.1, -0.05) is 18.2 Å². The molecule has 0 saturated carbocycles. The molecule has 0 saturated heterocycles. The number of nitrogens with zero attached hydrogens (tertiary/aromatic N) is 2. The largest absolute Gasteiger partial charge is 0.486 e. The van der Waals surface area contributed by atoms with Gasteiger partial charge in [0.25, 0.3) is 0 Å². The molecule has 4 nitrogen and oxygen atoms in total. The van der Waals surface area contributed by atoms with Gasteiger partial charge in [0.15, 0.2) is 5.82 Å². The second-order valence-corrected chi connectivity index (χ2v) is 4.19. The number of hydrogen-bond acceptors (Lipinski definition) is 4. The number of halogens is 1. The van der Waals surface area contributed by atoms with Crippen LogP contribution in [-0.2, 0) is 6.61 Å². The molecule has 5 heteroatoms. The number of ether oxygens (including phenoxy) is 1. The summed E-state index contributed by atoms with van der Waals surface area (Å²) in [4.78, 5) is 8.49. The van der Waals surface area contributed by atoms with Crippen molar-refractivity contribution in [1.82, 2.24) is 9.97 Å². The van der Waals surface area contributed by atoms with Crippen molar-refractivity contribution in [2.24, 2.45) is 0 Å². The Kier molecular flexibility index (Phi) is 3.93. The van der Waals surface area contributed by atoms with Crippen LogP contribution in [0, 0.1) is 0 Å². The molecule has 1 heterocycles. The van der Waals surface area contributed by atoms with E-state index in [1.165, 1.54) is 0 Å². The van der Waals surface area contributed by atoms with Gasteiger partial charge in [-0.15, -0.1) is 0 Å². The third kappa shape index (κ3) is 3.17. The molecule has 0 spiro atoms. The third-order valence-corrected chi connectivity index (χ3v) is 2.72. The lowest BCUT2D eigenvalue weighted by molar-refractivity contribution is 0.296. The minimum atomic E-state index is 0.353. The molecule has 0 amide bonds. The normalized spacial score (nSPS) is 10.0. The van der Waals surface area contributed by atoms with E-state index in [0.717, 1.165) is 16.0 Å². The van der Waals surface area contributed by atoms with Crippen molar-refractivity contribution in [3.8, 4) is 5.75 Å². The standard InChI is InChI=1S/C12H12BrN3O/c1-14-12-10(13)7-15-11(16-12)8-17-9-5-3-2-4-6-9/h2-7H,8H2,1H3,(H,14,15,16). The summed E-state index contributed by atoms with van der Waals surface area (Å²) in [7, 11) is 1.81. The van der Waals surface area contributed by atoms with Crippen molar-refractivity contribution in [3.63, 3.8) is 0 Å². The van der Waals surface area contributed by atoms with Crippen LogP contribution >= 0.6 is 15.9 Å². The highest BCUT2D eigenvalue weighted by atomic mass is 79.9. The van der Waals surface area contributed by atoms with Crippen molar-refractivity contribution in [2.75, 3.05) is 12.4 Å². The van der Waals surface area contributed by atoms with Crippen LogP contribution in [0.3, 0.4) is 0 Å². The minimum Gasteiger partial charge on any atom is -0.486 e. The Morgan fingerprint density at radius 1 is 1.29 bits per heavy atom. The number of nitrogens with one attached hydrogen (secondary N) is 1. The van der Waals surface area contributed by atoms with E-state index in [-0.39, 0.29) is 0 Å². The van der Waals surface area contributed by atoms with Gasteiger partial charge in [0, 0.05) is 13.2 Å². The molecule has 2 aromatic rings. The van der Waals surface area contributed by atoms with Gasteiger partial charge in [-0.05, 0) is 28.1 Å². The quantitative estimate of drug-likeness (QED) is 0.942. The number of benzene rings is 1. The fourth-order valence-corrected chi connectivity index (χ4v) is 1.70. The zero-order valence-corrected chi connectivity index (χ0v) is 10.9. The topological polar surface area (TPSA) is 47.0 Å². The Bertz CT molecular complexity index is 490. The van der Waals surface area contributed by atoms with Gasteiger partial charge in [-0.25, -0.2) is 9.97 Å².